The lowest BCUT2D eigenvalue weighted by molar-refractivity contribution is 0.617. The van der Waals surface area contributed by atoms with E-state index in [1.165, 1.54) is 0 Å². The van der Waals surface area contributed by atoms with Gasteiger partial charge in [0, 0.05) is 28.5 Å². The van der Waals surface area contributed by atoms with Gasteiger partial charge in [-0.2, -0.15) is 0 Å². The first kappa shape index (κ1) is 7.20. The highest BCUT2D eigenvalue weighted by Gasteiger charge is 1.97. The zero-order valence-electron chi connectivity index (χ0n) is 4.46. The average Bonchev–Trinajstić information content (AvgIpc) is 2.18. The normalized spacial score (nSPS) is 10.0. The van der Waals surface area contributed by atoms with Crippen LogP contribution in [0.1, 0.15) is 0 Å². The average molecular weight is 258 g/mol. The molecular weight excluding hydrogens is 254 g/mol. The SMILES string of the molecule is ClCCn1nnnc1I. The van der Waals surface area contributed by atoms with E-state index in [4.69, 9.17) is 11.6 Å². The Hall–Kier alpha value is 0.0900. The Morgan fingerprint density at radius 3 is 2.89 bits per heavy atom. The number of hydrogen-bond donors (Lipinski definition) is 0. The van der Waals surface area contributed by atoms with Crippen molar-refractivity contribution in [3.8, 4) is 0 Å². The van der Waals surface area contributed by atoms with E-state index in [1.54, 1.807) is 4.68 Å². The van der Waals surface area contributed by atoms with E-state index >= 15 is 0 Å². The van der Waals surface area contributed by atoms with Crippen LogP contribution >= 0.6 is 34.2 Å². The smallest absolute Gasteiger partial charge is 0.212 e. The molecule has 0 unspecified atom stereocenters. The van der Waals surface area contributed by atoms with Gasteiger partial charge in [-0.15, -0.1) is 16.7 Å². The minimum atomic E-state index is 0.543. The van der Waals surface area contributed by atoms with Gasteiger partial charge < -0.3 is 0 Å². The topological polar surface area (TPSA) is 43.6 Å². The van der Waals surface area contributed by atoms with Gasteiger partial charge >= 0.3 is 0 Å². The summed E-state index contributed by atoms with van der Waals surface area (Å²) in [6.45, 7) is 0.673. The van der Waals surface area contributed by atoms with Crippen LogP contribution in [0.4, 0.5) is 0 Å². The summed E-state index contributed by atoms with van der Waals surface area (Å²) in [4.78, 5) is 0. The maximum Gasteiger partial charge on any atom is 0.212 e. The molecule has 0 aliphatic carbocycles. The minimum absolute atomic E-state index is 0.543. The van der Waals surface area contributed by atoms with Gasteiger partial charge in [0.2, 0.25) is 3.83 Å². The Balaban J connectivity index is 2.69. The van der Waals surface area contributed by atoms with Crippen LogP contribution in [0.3, 0.4) is 0 Å². The third kappa shape index (κ3) is 1.75. The zero-order valence-corrected chi connectivity index (χ0v) is 7.37. The van der Waals surface area contributed by atoms with Crippen LogP contribution in [0.5, 0.6) is 0 Å². The lowest BCUT2D eigenvalue weighted by atomic mass is 10.8. The number of halogens is 2. The van der Waals surface area contributed by atoms with E-state index in [0.29, 0.717) is 12.4 Å². The molecule has 0 amide bonds. The van der Waals surface area contributed by atoms with Crippen molar-refractivity contribution in [3.05, 3.63) is 3.83 Å². The summed E-state index contributed by atoms with van der Waals surface area (Å²) in [6, 6.07) is 0. The molecule has 9 heavy (non-hydrogen) atoms. The monoisotopic (exact) mass is 258 g/mol. The first-order chi connectivity index (χ1) is 4.34. The lowest BCUT2D eigenvalue weighted by Gasteiger charge is -1.92. The van der Waals surface area contributed by atoms with Crippen molar-refractivity contribution in [2.75, 3.05) is 5.88 Å². The summed E-state index contributed by atoms with van der Waals surface area (Å²) >= 11 is 7.49. The number of aryl methyl sites for hydroxylation is 1. The van der Waals surface area contributed by atoms with Gasteiger partial charge in [0.1, 0.15) is 0 Å². The molecule has 1 aromatic rings. The molecule has 0 spiro atoms. The number of nitrogens with zero attached hydrogens (tertiary/aromatic N) is 4. The van der Waals surface area contributed by atoms with Crippen LogP contribution in [0.15, 0.2) is 0 Å². The highest BCUT2D eigenvalue weighted by atomic mass is 127. The second kappa shape index (κ2) is 3.31. The van der Waals surface area contributed by atoms with Crippen molar-refractivity contribution in [1.29, 1.82) is 0 Å². The molecule has 0 saturated carbocycles. The molecule has 0 aliphatic rings. The maximum absolute atomic E-state index is 5.45. The van der Waals surface area contributed by atoms with Crippen molar-refractivity contribution in [1.82, 2.24) is 20.2 Å². The highest BCUT2D eigenvalue weighted by molar-refractivity contribution is 14.1. The molecule has 0 radical (unpaired) electrons. The molecular formula is C3H4ClIN4. The van der Waals surface area contributed by atoms with E-state index in [2.05, 4.69) is 15.5 Å². The van der Waals surface area contributed by atoms with Crippen LogP contribution in [-0.2, 0) is 6.54 Å². The molecule has 0 atom stereocenters. The first-order valence-corrected chi connectivity index (χ1v) is 3.93. The highest BCUT2D eigenvalue weighted by Crippen LogP contribution is 1.95. The largest absolute Gasteiger partial charge is 0.220 e. The van der Waals surface area contributed by atoms with Gasteiger partial charge in [0.25, 0.3) is 0 Å². The van der Waals surface area contributed by atoms with Crippen LogP contribution in [0.2, 0.25) is 0 Å². The molecule has 0 aliphatic heterocycles. The fraction of sp³-hybridized carbons (Fsp3) is 0.667. The Bertz CT molecular complexity index is 188. The molecule has 0 saturated heterocycles. The maximum atomic E-state index is 5.45. The van der Waals surface area contributed by atoms with Gasteiger partial charge in [-0.3, -0.25) is 0 Å². The van der Waals surface area contributed by atoms with Crippen molar-refractivity contribution in [2.45, 2.75) is 6.54 Å². The predicted octanol–water partition coefficient (Wildman–Crippen LogP) is 0.516. The van der Waals surface area contributed by atoms with Gasteiger partial charge in [-0.1, -0.05) is 0 Å². The molecule has 6 heteroatoms. The summed E-state index contributed by atoms with van der Waals surface area (Å²) in [5, 5.41) is 10.8. The number of aromatic nitrogens is 4. The molecule has 0 fully saturated rings. The van der Waals surface area contributed by atoms with Crippen LogP contribution in [0.25, 0.3) is 0 Å². The Kier molecular flexibility index (Phi) is 2.65. The van der Waals surface area contributed by atoms with Gasteiger partial charge in [0.15, 0.2) is 0 Å². The van der Waals surface area contributed by atoms with Crippen LogP contribution < -0.4 is 0 Å². The van der Waals surface area contributed by atoms with Gasteiger partial charge in [-0.05, 0) is 10.4 Å². The number of alkyl halides is 1. The van der Waals surface area contributed by atoms with Crippen LogP contribution in [-0.4, -0.2) is 26.1 Å². The van der Waals surface area contributed by atoms with E-state index < -0.39 is 0 Å². The summed E-state index contributed by atoms with van der Waals surface area (Å²) in [5.74, 6) is 0.543. The van der Waals surface area contributed by atoms with E-state index in [-0.39, 0.29) is 0 Å². The Morgan fingerprint density at radius 2 is 2.44 bits per heavy atom. The Labute approximate surface area is 70.7 Å². The predicted molar refractivity (Wildman–Crippen MR) is 41.3 cm³/mol. The number of hydrogen-bond acceptors (Lipinski definition) is 3. The fourth-order valence-corrected chi connectivity index (χ4v) is 1.01. The number of tetrazole rings is 1. The van der Waals surface area contributed by atoms with Crippen LogP contribution in [0, 0.1) is 3.83 Å². The molecule has 1 aromatic heterocycles. The summed E-state index contributed by atoms with van der Waals surface area (Å²) in [7, 11) is 0. The fourth-order valence-electron chi connectivity index (χ4n) is 0.411. The quantitative estimate of drug-likeness (QED) is 0.574. The van der Waals surface area contributed by atoms with E-state index in [9.17, 15) is 0 Å². The summed E-state index contributed by atoms with van der Waals surface area (Å²) in [6.07, 6.45) is 0. The van der Waals surface area contributed by atoms with Gasteiger partial charge in [-0.25, -0.2) is 4.68 Å². The molecule has 0 N–H and O–H groups in total. The number of rotatable bonds is 2. The summed E-state index contributed by atoms with van der Waals surface area (Å²) < 4.78 is 2.42. The molecule has 50 valence electrons. The summed E-state index contributed by atoms with van der Waals surface area (Å²) in [5.41, 5.74) is 0. The lowest BCUT2D eigenvalue weighted by Crippen LogP contribution is -2.03. The van der Waals surface area contributed by atoms with Crippen molar-refractivity contribution in [3.63, 3.8) is 0 Å². The Morgan fingerprint density at radius 1 is 1.67 bits per heavy atom. The standard InChI is InChI=1S/C3H4ClIN4/c4-1-2-9-3(5)6-7-8-9/h1-2H2. The molecule has 0 aromatic carbocycles. The van der Waals surface area contributed by atoms with Crippen molar-refractivity contribution < 1.29 is 0 Å². The molecule has 4 nitrogen and oxygen atoms in total. The van der Waals surface area contributed by atoms with Gasteiger partial charge in [0.05, 0.1) is 6.54 Å². The van der Waals surface area contributed by atoms with E-state index in [1.807, 2.05) is 22.6 Å². The molecule has 1 heterocycles. The first-order valence-electron chi connectivity index (χ1n) is 2.32. The minimum Gasteiger partial charge on any atom is -0.220 e. The zero-order chi connectivity index (χ0) is 6.69. The van der Waals surface area contributed by atoms with Crippen molar-refractivity contribution in [2.24, 2.45) is 0 Å². The molecule has 0 bridgehead atoms. The second-order valence-corrected chi connectivity index (χ2v) is 2.70. The second-order valence-electron chi connectivity index (χ2n) is 1.36. The van der Waals surface area contributed by atoms with Crippen molar-refractivity contribution >= 4 is 34.2 Å². The third-order valence-corrected chi connectivity index (χ3v) is 1.73. The third-order valence-electron chi connectivity index (χ3n) is 0.785. The van der Waals surface area contributed by atoms with E-state index in [0.717, 1.165) is 3.83 Å². The molecule has 1 rings (SSSR count).